The molecule has 0 saturated carbocycles. The molecule has 0 spiro atoms. The maximum Gasteiger partial charge on any atom is 0.218 e. The average molecular weight is 314 g/mol. The van der Waals surface area contributed by atoms with Crippen molar-refractivity contribution in [2.75, 3.05) is 13.1 Å². The van der Waals surface area contributed by atoms with E-state index in [4.69, 9.17) is 0 Å². The normalized spacial score (nSPS) is 24.1. The Hall–Kier alpha value is -0.980. The van der Waals surface area contributed by atoms with Crippen molar-refractivity contribution < 1.29 is 12.8 Å². The standard InChI is InChI=1S/C15H23FN2O2S/c1-3-14-10-18(15(4-2)9-17-14)21(19,20)11-12-5-7-13(16)8-6-12/h5-8,14-15,17H,3-4,9-11H2,1-2H3. The minimum Gasteiger partial charge on any atom is -0.311 e. The predicted molar refractivity (Wildman–Crippen MR) is 81.9 cm³/mol. The molecule has 1 heterocycles. The Bertz CT molecular complexity index is 560. The Morgan fingerprint density at radius 3 is 2.48 bits per heavy atom. The molecule has 1 fully saturated rings. The van der Waals surface area contributed by atoms with E-state index >= 15 is 0 Å². The van der Waals surface area contributed by atoms with Crippen LogP contribution in [0.2, 0.25) is 0 Å². The molecule has 21 heavy (non-hydrogen) atoms. The van der Waals surface area contributed by atoms with E-state index < -0.39 is 10.0 Å². The van der Waals surface area contributed by atoms with E-state index in [1.54, 1.807) is 4.31 Å². The Morgan fingerprint density at radius 2 is 1.90 bits per heavy atom. The Labute approximate surface area is 126 Å². The zero-order chi connectivity index (χ0) is 15.5. The molecule has 0 bridgehead atoms. The van der Waals surface area contributed by atoms with Crippen LogP contribution in [0.3, 0.4) is 0 Å². The lowest BCUT2D eigenvalue weighted by Gasteiger charge is -2.39. The number of piperazine rings is 1. The maximum absolute atomic E-state index is 12.9. The highest BCUT2D eigenvalue weighted by atomic mass is 32.2. The van der Waals surface area contributed by atoms with Gasteiger partial charge in [0.2, 0.25) is 10.0 Å². The first-order chi connectivity index (χ1) is 9.96. The van der Waals surface area contributed by atoms with Crippen molar-refractivity contribution in [3.05, 3.63) is 35.6 Å². The molecular weight excluding hydrogens is 291 g/mol. The first-order valence-electron chi connectivity index (χ1n) is 7.43. The summed E-state index contributed by atoms with van der Waals surface area (Å²) in [5.41, 5.74) is 0.623. The van der Waals surface area contributed by atoms with Gasteiger partial charge in [-0.3, -0.25) is 0 Å². The van der Waals surface area contributed by atoms with Crippen LogP contribution in [0.1, 0.15) is 32.3 Å². The topological polar surface area (TPSA) is 49.4 Å². The average Bonchev–Trinajstić information content (AvgIpc) is 2.48. The van der Waals surface area contributed by atoms with Crippen molar-refractivity contribution in [1.29, 1.82) is 0 Å². The molecule has 6 heteroatoms. The Kier molecular flexibility index (Phi) is 5.35. The molecule has 1 saturated heterocycles. The molecule has 0 aliphatic carbocycles. The summed E-state index contributed by atoms with van der Waals surface area (Å²) in [4.78, 5) is 0. The van der Waals surface area contributed by atoms with Crippen LogP contribution >= 0.6 is 0 Å². The lowest BCUT2D eigenvalue weighted by Crippen LogP contribution is -2.57. The number of rotatable bonds is 5. The number of benzene rings is 1. The van der Waals surface area contributed by atoms with Gasteiger partial charge in [0.1, 0.15) is 5.82 Å². The van der Waals surface area contributed by atoms with Crippen molar-refractivity contribution >= 4 is 10.0 Å². The zero-order valence-electron chi connectivity index (χ0n) is 12.5. The van der Waals surface area contributed by atoms with Gasteiger partial charge in [0, 0.05) is 25.2 Å². The van der Waals surface area contributed by atoms with Crippen LogP contribution in [0, 0.1) is 5.82 Å². The molecule has 2 atom stereocenters. The molecule has 0 aromatic heterocycles. The molecule has 1 aromatic carbocycles. The van der Waals surface area contributed by atoms with Gasteiger partial charge >= 0.3 is 0 Å². The third-order valence-electron chi connectivity index (χ3n) is 4.03. The van der Waals surface area contributed by atoms with E-state index in [0.29, 0.717) is 18.7 Å². The third kappa shape index (κ3) is 4.02. The van der Waals surface area contributed by atoms with E-state index in [1.165, 1.54) is 24.3 Å². The van der Waals surface area contributed by atoms with Crippen molar-refractivity contribution in [2.24, 2.45) is 0 Å². The summed E-state index contributed by atoms with van der Waals surface area (Å²) >= 11 is 0. The smallest absolute Gasteiger partial charge is 0.218 e. The van der Waals surface area contributed by atoms with Crippen molar-refractivity contribution in [1.82, 2.24) is 9.62 Å². The molecule has 118 valence electrons. The maximum atomic E-state index is 12.9. The van der Waals surface area contributed by atoms with E-state index in [-0.39, 0.29) is 23.7 Å². The summed E-state index contributed by atoms with van der Waals surface area (Å²) < 4.78 is 39.9. The number of nitrogens with zero attached hydrogens (tertiary/aromatic N) is 1. The van der Waals surface area contributed by atoms with Gasteiger partial charge in [0.15, 0.2) is 0 Å². The van der Waals surface area contributed by atoms with Gasteiger partial charge in [0.25, 0.3) is 0 Å². The highest BCUT2D eigenvalue weighted by molar-refractivity contribution is 7.88. The lowest BCUT2D eigenvalue weighted by molar-refractivity contribution is 0.215. The fraction of sp³-hybridized carbons (Fsp3) is 0.600. The second-order valence-corrected chi connectivity index (χ2v) is 7.45. The second kappa shape index (κ2) is 6.85. The summed E-state index contributed by atoms with van der Waals surface area (Å²) in [6.45, 7) is 5.25. The number of sulfonamides is 1. The van der Waals surface area contributed by atoms with E-state index in [0.717, 1.165) is 12.8 Å². The molecule has 0 radical (unpaired) electrons. The molecule has 1 aliphatic heterocycles. The SMILES string of the molecule is CCC1CN(S(=O)(=O)Cc2ccc(F)cc2)C(CC)CN1. The minimum absolute atomic E-state index is 0.00162. The van der Waals surface area contributed by atoms with Crippen molar-refractivity contribution in [2.45, 2.75) is 44.5 Å². The van der Waals surface area contributed by atoms with Gasteiger partial charge in [-0.05, 0) is 30.5 Å². The molecule has 2 unspecified atom stereocenters. The van der Waals surface area contributed by atoms with E-state index in [2.05, 4.69) is 12.2 Å². The van der Waals surface area contributed by atoms with Crippen LogP contribution in [-0.4, -0.2) is 37.9 Å². The van der Waals surface area contributed by atoms with Crippen LogP contribution in [0.4, 0.5) is 4.39 Å². The number of halogens is 1. The summed E-state index contributed by atoms with van der Waals surface area (Å²) in [7, 11) is -3.38. The number of hydrogen-bond donors (Lipinski definition) is 1. The molecule has 1 N–H and O–H groups in total. The largest absolute Gasteiger partial charge is 0.311 e. The summed E-state index contributed by atoms with van der Waals surface area (Å²) in [6, 6.07) is 5.87. The van der Waals surface area contributed by atoms with Crippen LogP contribution in [-0.2, 0) is 15.8 Å². The highest BCUT2D eigenvalue weighted by Gasteiger charge is 2.34. The van der Waals surface area contributed by atoms with Crippen LogP contribution in [0.15, 0.2) is 24.3 Å². The van der Waals surface area contributed by atoms with Gasteiger partial charge < -0.3 is 5.32 Å². The second-order valence-electron chi connectivity index (χ2n) is 5.53. The predicted octanol–water partition coefficient (Wildman–Crippen LogP) is 2.12. The first-order valence-corrected chi connectivity index (χ1v) is 9.04. The molecule has 1 aromatic rings. The number of hydrogen-bond acceptors (Lipinski definition) is 3. The molecular formula is C15H23FN2O2S. The van der Waals surface area contributed by atoms with Gasteiger partial charge in [-0.25, -0.2) is 12.8 Å². The quantitative estimate of drug-likeness (QED) is 0.905. The zero-order valence-corrected chi connectivity index (χ0v) is 13.4. The van der Waals surface area contributed by atoms with Crippen LogP contribution < -0.4 is 5.32 Å². The Balaban J connectivity index is 2.17. The monoisotopic (exact) mass is 314 g/mol. The molecule has 1 aliphatic rings. The fourth-order valence-electron chi connectivity index (χ4n) is 2.67. The molecule has 4 nitrogen and oxygen atoms in total. The summed E-state index contributed by atoms with van der Waals surface area (Å²) in [5, 5.41) is 3.39. The fourth-order valence-corrected chi connectivity index (χ4v) is 4.54. The van der Waals surface area contributed by atoms with Gasteiger partial charge in [-0.1, -0.05) is 26.0 Å². The third-order valence-corrected chi connectivity index (χ3v) is 5.89. The molecule has 2 rings (SSSR count). The van der Waals surface area contributed by atoms with Gasteiger partial charge in [-0.15, -0.1) is 0 Å². The van der Waals surface area contributed by atoms with Gasteiger partial charge in [0.05, 0.1) is 5.75 Å². The van der Waals surface area contributed by atoms with E-state index in [1.807, 2.05) is 6.92 Å². The van der Waals surface area contributed by atoms with Crippen LogP contribution in [0.5, 0.6) is 0 Å². The molecule has 0 amide bonds. The minimum atomic E-state index is -3.38. The lowest BCUT2D eigenvalue weighted by atomic mass is 10.1. The first kappa shape index (κ1) is 16.4. The van der Waals surface area contributed by atoms with Crippen LogP contribution in [0.25, 0.3) is 0 Å². The van der Waals surface area contributed by atoms with E-state index in [9.17, 15) is 12.8 Å². The van der Waals surface area contributed by atoms with Gasteiger partial charge in [-0.2, -0.15) is 4.31 Å². The highest BCUT2D eigenvalue weighted by Crippen LogP contribution is 2.20. The summed E-state index contributed by atoms with van der Waals surface area (Å²) in [6.07, 6.45) is 1.69. The Morgan fingerprint density at radius 1 is 1.24 bits per heavy atom. The summed E-state index contributed by atoms with van der Waals surface area (Å²) in [5.74, 6) is -0.420. The van der Waals surface area contributed by atoms with Crippen molar-refractivity contribution in [3.63, 3.8) is 0 Å². The number of nitrogens with one attached hydrogen (secondary N) is 1. The van der Waals surface area contributed by atoms with Crippen molar-refractivity contribution in [3.8, 4) is 0 Å².